The number of nitrogens with zero attached hydrogens (tertiary/aromatic N) is 4. The molecule has 1 N–H and O–H groups in total. The van der Waals surface area contributed by atoms with Crippen molar-refractivity contribution in [3.05, 3.63) is 72.1 Å². The third kappa shape index (κ3) is 4.59. The minimum atomic E-state index is -4.55. The standard InChI is InChI=1S/C18H16F3N5O3S/c1-2-26(14-8-4-3-5-9-14)30(28,29)23-17(27)16-12-25(24-22-16)15-10-6-7-13(11-15)18(19,20)21/h3-12H,2H2,1H3,(H,23,27). The van der Waals surface area contributed by atoms with Crippen molar-refractivity contribution in [2.24, 2.45) is 0 Å². The number of benzene rings is 2. The summed E-state index contributed by atoms with van der Waals surface area (Å²) in [6.45, 7) is 1.66. The van der Waals surface area contributed by atoms with Gasteiger partial charge in [-0.3, -0.25) is 9.10 Å². The van der Waals surface area contributed by atoms with E-state index in [1.54, 1.807) is 37.3 Å². The molecule has 8 nitrogen and oxygen atoms in total. The lowest BCUT2D eigenvalue weighted by Gasteiger charge is -2.22. The van der Waals surface area contributed by atoms with Crippen LogP contribution in [0.4, 0.5) is 18.9 Å². The molecule has 0 aliphatic carbocycles. The van der Waals surface area contributed by atoms with E-state index in [1.807, 2.05) is 4.72 Å². The molecule has 1 heterocycles. The van der Waals surface area contributed by atoms with Crippen LogP contribution in [0.25, 0.3) is 5.69 Å². The molecule has 0 spiro atoms. The van der Waals surface area contributed by atoms with Gasteiger partial charge in [-0.2, -0.15) is 21.6 Å². The molecule has 0 fully saturated rings. The number of anilines is 1. The van der Waals surface area contributed by atoms with Crippen molar-refractivity contribution in [1.29, 1.82) is 0 Å². The van der Waals surface area contributed by atoms with Gasteiger partial charge in [-0.15, -0.1) is 5.10 Å². The van der Waals surface area contributed by atoms with Gasteiger partial charge in [0, 0.05) is 6.54 Å². The topological polar surface area (TPSA) is 97.2 Å². The third-order valence-corrected chi connectivity index (χ3v) is 5.50. The molecule has 3 rings (SSSR count). The summed E-state index contributed by atoms with van der Waals surface area (Å²) >= 11 is 0. The Morgan fingerprint density at radius 2 is 1.83 bits per heavy atom. The molecule has 3 aromatic rings. The normalized spacial score (nSPS) is 11.9. The SMILES string of the molecule is CCN(c1ccccc1)S(=O)(=O)NC(=O)c1cn(-c2cccc(C(F)(F)F)c2)nn1. The highest BCUT2D eigenvalue weighted by Gasteiger charge is 2.31. The van der Waals surface area contributed by atoms with Crippen LogP contribution in [0.15, 0.2) is 60.8 Å². The number of para-hydroxylation sites is 1. The predicted molar refractivity (Wildman–Crippen MR) is 102 cm³/mol. The van der Waals surface area contributed by atoms with E-state index in [2.05, 4.69) is 10.3 Å². The summed E-state index contributed by atoms with van der Waals surface area (Å²) in [6.07, 6.45) is -3.51. The van der Waals surface area contributed by atoms with Crippen LogP contribution >= 0.6 is 0 Å². The second-order valence-electron chi connectivity index (χ2n) is 6.03. The number of carbonyl (C=O) groups is 1. The van der Waals surface area contributed by atoms with E-state index in [4.69, 9.17) is 0 Å². The van der Waals surface area contributed by atoms with E-state index in [-0.39, 0.29) is 17.9 Å². The fraction of sp³-hybridized carbons (Fsp3) is 0.167. The Bertz CT molecular complexity index is 1150. The highest BCUT2D eigenvalue weighted by molar-refractivity contribution is 7.91. The lowest BCUT2D eigenvalue weighted by atomic mass is 10.2. The van der Waals surface area contributed by atoms with Gasteiger partial charge in [-0.05, 0) is 37.3 Å². The minimum Gasteiger partial charge on any atom is -0.266 e. The van der Waals surface area contributed by atoms with Crippen LogP contribution in [0, 0.1) is 0 Å². The summed E-state index contributed by atoms with van der Waals surface area (Å²) in [4.78, 5) is 12.4. The Morgan fingerprint density at radius 1 is 1.13 bits per heavy atom. The molecule has 1 amide bonds. The number of nitrogens with one attached hydrogen (secondary N) is 1. The predicted octanol–water partition coefficient (Wildman–Crippen LogP) is 2.79. The first-order valence-electron chi connectivity index (χ1n) is 8.61. The summed E-state index contributed by atoms with van der Waals surface area (Å²) in [5, 5.41) is 7.18. The Kier molecular flexibility index (Phi) is 5.78. The molecule has 0 saturated carbocycles. The quantitative estimate of drug-likeness (QED) is 0.637. The van der Waals surface area contributed by atoms with Crippen molar-refractivity contribution in [3.63, 3.8) is 0 Å². The number of halogens is 3. The number of carbonyl (C=O) groups excluding carboxylic acids is 1. The number of amides is 1. The van der Waals surface area contributed by atoms with E-state index in [1.165, 1.54) is 12.1 Å². The minimum absolute atomic E-state index is 0.0127. The maximum Gasteiger partial charge on any atom is 0.416 e. The molecule has 1 aromatic heterocycles. The van der Waals surface area contributed by atoms with E-state index >= 15 is 0 Å². The molecule has 30 heavy (non-hydrogen) atoms. The smallest absolute Gasteiger partial charge is 0.266 e. The number of aromatic nitrogens is 3. The zero-order chi connectivity index (χ0) is 21.9. The van der Waals surface area contributed by atoms with Crippen LogP contribution in [0.2, 0.25) is 0 Å². The largest absolute Gasteiger partial charge is 0.416 e. The first kappa shape index (κ1) is 21.3. The van der Waals surface area contributed by atoms with Gasteiger partial charge < -0.3 is 0 Å². The first-order chi connectivity index (χ1) is 14.1. The lowest BCUT2D eigenvalue weighted by Crippen LogP contribution is -2.43. The average molecular weight is 439 g/mol. The third-order valence-electron chi connectivity index (χ3n) is 4.01. The average Bonchev–Trinajstić information content (AvgIpc) is 3.19. The summed E-state index contributed by atoms with van der Waals surface area (Å²) < 4.78 is 67.6. The summed E-state index contributed by atoms with van der Waals surface area (Å²) in [6, 6.07) is 12.4. The molecule has 12 heteroatoms. The Morgan fingerprint density at radius 3 is 2.47 bits per heavy atom. The molecule has 0 saturated heterocycles. The van der Waals surface area contributed by atoms with Crippen LogP contribution in [0.5, 0.6) is 0 Å². The van der Waals surface area contributed by atoms with Gasteiger partial charge in [-0.1, -0.05) is 29.5 Å². The van der Waals surface area contributed by atoms with Gasteiger partial charge in [0.05, 0.1) is 23.1 Å². The first-order valence-corrected chi connectivity index (χ1v) is 10.1. The van der Waals surface area contributed by atoms with Gasteiger partial charge in [-0.25, -0.2) is 9.40 Å². The second-order valence-corrected chi connectivity index (χ2v) is 7.63. The Hall–Kier alpha value is -3.41. The molecule has 0 aliphatic rings. The molecular weight excluding hydrogens is 423 g/mol. The molecule has 0 atom stereocenters. The molecular formula is C18H16F3N5O3S. The van der Waals surface area contributed by atoms with Crippen LogP contribution in [-0.4, -0.2) is 35.9 Å². The van der Waals surface area contributed by atoms with Crippen LogP contribution in [-0.2, 0) is 16.4 Å². The van der Waals surface area contributed by atoms with Crippen LogP contribution in [0.3, 0.4) is 0 Å². The Balaban J connectivity index is 1.81. The lowest BCUT2D eigenvalue weighted by molar-refractivity contribution is -0.137. The Labute approximate surface area is 170 Å². The van der Waals surface area contributed by atoms with Crippen molar-refractivity contribution in [2.45, 2.75) is 13.1 Å². The summed E-state index contributed by atoms with van der Waals surface area (Å²) in [7, 11) is -4.25. The monoisotopic (exact) mass is 439 g/mol. The van der Waals surface area contributed by atoms with Crippen molar-refractivity contribution in [1.82, 2.24) is 19.7 Å². The van der Waals surface area contributed by atoms with Gasteiger partial charge in [0.2, 0.25) is 0 Å². The number of alkyl halides is 3. The second kappa shape index (κ2) is 8.14. The van der Waals surface area contributed by atoms with Crippen molar-refractivity contribution in [3.8, 4) is 5.69 Å². The fourth-order valence-corrected chi connectivity index (χ4v) is 3.82. The summed E-state index contributed by atoms with van der Waals surface area (Å²) in [5.74, 6) is -1.07. The van der Waals surface area contributed by atoms with E-state index < -0.39 is 27.9 Å². The highest BCUT2D eigenvalue weighted by Crippen LogP contribution is 2.30. The molecule has 0 bridgehead atoms. The number of hydrogen-bond donors (Lipinski definition) is 1. The maximum atomic E-state index is 12.9. The zero-order valence-electron chi connectivity index (χ0n) is 15.5. The highest BCUT2D eigenvalue weighted by atomic mass is 32.2. The van der Waals surface area contributed by atoms with E-state index in [9.17, 15) is 26.4 Å². The molecule has 2 aromatic carbocycles. The number of rotatable bonds is 6. The van der Waals surface area contributed by atoms with Gasteiger partial charge in [0.25, 0.3) is 5.91 Å². The van der Waals surface area contributed by atoms with Gasteiger partial charge in [0.1, 0.15) is 0 Å². The molecule has 0 aliphatic heterocycles. The summed E-state index contributed by atoms with van der Waals surface area (Å²) in [5.41, 5.74) is -0.905. The van der Waals surface area contributed by atoms with E-state index in [0.29, 0.717) is 5.69 Å². The van der Waals surface area contributed by atoms with E-state index in [0.717, 1.165) is 27.3 Å². The van der Waals surface area contributed by atoms with Crippen molar-refractivity contribution >= 4 is 21.8 Å². The fourth-order valence-electron chi connectivity index (χ4n) is 2.63. The molecule has 0 unspecified atom stereocenters. The van der Waals surface area contributed by atoms with Gasteiger partial charge >= 0.3 is 16.4 Å². The van der Waals surface area contributed by atoms with Crippen molar-refractivity contribution in [2.75, 3.05) is 10.8 Å². The van der Waals surface area contributed by atoms with Crippen molar-refractivity contribution < 1.29 is 26.4 Å². The van der Waals surface area contributed by atoms with Crippen LogP contribution in [0.1, 0.15) is 23.0 Å². The van der Waals surface area contributed by atoms with Crippen LogP contribution < -0.4 is 9.03 Å². The zero-order valence-corrected chi connectivity index (χ0v) is 16.4. The van der Waals surface area contributed by atoms with Gasteiger partial charge in [0.15, 0.2) is 5.69 Å². The number of hydrogen-bond acceptors (Lipinski definition) is 5. The maximum absolute atomic E-state index is 12.9. The molecule has 158 valence electrons. The molecule has 0 radical (unpaired) electrons.